The van der Waals surface area contributed by atoms with Crippen LogP contribution in [0.2, 0.25) is 0 Å². The molecule has 78 valence electrons. The fourth-order valence-electron chi connectivity index (χ4n) is 3.24. The van der Waals surface area contributed by atoms with Crippen LogP contribution >= 0.6 is 0 Å². The van der Waals surface area contributed by atoms with Gasteiger partial charge in [0.1, 0.15) is 0 Å². The van der Waals surface area contributed by atoms with Crippen molar-refractivity contribution in [3.63, 3.8) is 0 Å². The van der Waals surface area contributed by atoms with Gasteiger partial charge in [-0.15, -0.1) is 0 Å². The van der Waals surface area contributed by atoms with Crippen molar-refractivity contribution < 1.29 is 4.79 Å². The van der Waals surface area contributed by atoms with Crippen molar-refractivity contribution in [2.75, 3.05) is 0 Å². The summed E-state index contributed by atoms with van der Waals surface area (Å²) in [4.78, 5) is 11.6. The van der Waals surface area contributed by atoms with E-state index in [1.807, 2.05) is 0 Å². The quantitative estimate of drug-likeness (QED) is 0.538. The van der Waals surface area contributed by atoms with Crippen LogP contribution in [0.25, 0.3) is 0 Å². The number of rotatable bonds is 0. The van der Waals surface area contributed by atoms with E-state index in [1.165, 1.54) is 25.7 Å². The molecule has 14 heavy (non-hydrogen) atoms. The Morgan fingerprint density at radius 1 is 1.29 bits per heavy atom. The van der Waals surface area contributed by atoms with Gasteiger partial charge in [-0.2, -0.15) is 0 Å². The number of hydrogen-bond acceptors (Lipinski definition) is 1. The number of Topliss-reactive ketones (excluding diaryl/α,β-unsaturated/α-hetero) is 1. The Morgan fingerprint density at radius 2 is 1.86 bits per heavy atom. The summed E-state index contributed by atoms with van der Waals surface area (Å²) < 4.78 is 0. The van der Waals surface area contributed by atoms with E-state index in [1.54, 1.807) is 0 Å². The molecule has 0 aliphatic heterocycles. The highest BCUT2D eigenvalue weighted by molar-refractivity contribution is 5.98. The molecule has 2 fully saturated rings. The van der Waals surface area contributed by atoms with Gasteiger partial charge < -0.3 is 0 Å². The summed E-state index contributed by atoms with van der Waals surface area (Å²) in [5.41, 5.74) is 1.14. The summed E-state index contributed by atoms with van der Waals surface area (Å²) in [5, 5.41) is 0. The molecule has 1 nitrogen and oxygen atoms in total. The number of hydrogen-bond donors (Lipinski definition) is 0. The van der Waals surface area contributed by atoms with Crippen LogP contribution in [0, 0.1) is 17.3 Å². The molecule has 2 rings (SSSR count). The maximum absolute atomic E-state index is 11.6. The first kappa shape index (κ1) is 9.95. The van der Waals surface area contributed by atoms with Gasteiger partial charge in [0.15, 0.2) is 5.78 Å². The van der Waals surface area contributed by atoms with Gasteiger partial charge in [-0.25, -0.2) is 0 Å². The first-order valence-corrected chi connectivity index (χ1v) is 5.79. The van der Waals surface area contributed by atoms with Gasteiger partial charge in [-0.1, -0.05) is 20.4 Å². The van der Waals surface area contributed by atoms with Crippen molar-refractivity contribution in [3.8, 4) is 0 Å². The summed E-state index contributed by atoms with van der Waals surface area (Å²) in [6.07, 6.45) is 5.68. The summed E-state index contributed by atoms with van der Waals surface area (Å²) in [6.45, 7) is 8.58. The van der Waals surface area contributed by atoms with Crippen LogP contribution in [0.3, 0.4) is 0 Å². The topological polar surface area (TPSA) is 17.1 Å². The predicted octanol–water partition coefficient (Wildman–Crippen LogP) is 3.35. The summed E-state index contributed by atoms with van der Waals surface area (Å²) in [6, 6.07) is 0. The molecule has 1 heteroatoms. The van der Waals surface area contributed by atoms with Gasteiger partial charge in [0.25, 0.3) is 0 Å². The maximum Gasteiger partial charge on any atom is 0.159 e. The minimum atomic E-state index is 0.198. The van der Waals surface area contributed by atoms with Gasteiger partial charge in [0.05, 0.1) is 0 Å². The van der Waals surface area contributed by atoms with Gasteiger partial charge >= 0.3 is 0 Å². The first-order chi connectivity index (χ1) is 6.56. The third-order valence-corrected chi connectivity index (χ3v) is 4.54. The Balaban J connectivity index is 2.22. The van der Waals surface area contributed by atoms with Crippen molar-refractivity contribution in [2.24, 2.45) is 17.3 Å². The minimum absolute atomic E-state index is 0.198. The van der Waals surface area contributed by atoms with Crippen LogP contribution < -0.4 is 0 Å². The van der Waals surface area contributed by atoms with E-state index in [4.69, 9.17) is 0 Å². The lowest BCUT2D eigenvalue weighted by Gasteiger charge is -2.40. The molecule has 2 saturated carbocycles. The van der Waals surface area contributed by atoms with Crippen molar-refractivity contribution in [3.05, 3.63) is 12.2 Å². The first-order valence-electron chi connectivity index (χ1n) is 5.79. The van der Waals surface area contributed by atoms with Crippen molar-refractivity contribution in [1.82, 2.24) is 0 Å². The fraction of sp³-hybridized carbons (Fsp3) is 0.769. The monoisotopic (exact) mass is 192 g/mol. The van der Waals surface area contributed by atoms with Crippen LogP contribution in [0.1, 0.15) is 46.0 Å². The molecule has 1 spiro atoms. The Bertz CT molecular complexity index is 269. The second kappa shape index (κ2) is 3.22. The third-order valence-electron chi connectivity index (χ3n) is 4.54. The van der Waals surface area contributed by atoms with Gasteiger partial charge in [-0.3, -0.25) is 4.79 Å². The van der Waals surface area contributed by atoms with Crippen LogP contribution in [-0.2, 0) is 4.79 Å². The second-order valence-corrected chi connectivity index (χ2v) is 5.35. The van der Waals surface area contributed by atoms with E-state index in [0.717, 1.165) is 17.9 Å². The Morgan fingerprint density at radius 3 is 2.29 bits per heavy atom. The highest BCUT2D eigenvalue weighted by Crippen LogP contribution is 2.54. The molecule has 0 amide bonds. The van der Waals surface area contributed by atoms with Gasteiger partial charge in [0.2, 0.25) is 0 Å². The average molecular weight is 192 g/mol. The molecule has 0 aromatic rings. The molecule has 0 bridgehead atoms. The molecular weight excluding hydrogens is 172 g/mol. The van der Waals surface area contributed by atoms with Crippen molar-refractivity contribution >= 4 is 5.78 Å². The van der Waals surface area contributed by atoms with Gasteiger partial charge in [0, 0.05) is 11.8 Å². The summed E-state index contributed by atoms with van der Waals surface area (Å²) in [5.74, 6) is 1.71. The number of carbonyl (C=O) groups is 1. The van der Waals surface area contributed by atoms with Crippen LogP contribution in [-0.4, -0.2) is 5.78 Å². The smallest absolute Gasteiger partial charge is 0.159 e. The average Bonchev–Trinajstić information content (AvgIpc) is 2.36. The van der Waals surface area contributed by atoms with E-state index in [2.05, 4.69) is 20.4 Å². The molecular formula is C13H20O. The molecule has 0 aromatic carbocycles. The minimum Gasteiger partial charge on any atom is -0.295 e. The largest absolute Gasteiger partial charge is 0.295 e. The molecule has 0 heterocycles. The third kappa shape index (κ3) is 1.25. The predicted molar refractivity (Wildman–Crippen MR) is 58.0 cm³/mol. The van der Waals surface area contributed by atoms with Crippen LogP contribution in [0.4, 0.5) is 0 Å². The zero-order valence-electron chi connectivity index (χ0n) is 9.31. The lowest BCUT2D eigenvalue weighted by Crippen LogP contribution is -2.30. The van der Waals surface area contributed by atoms with E-state index >= 15 is 0 Å². The highest BCUT2D eigenvalue weighted by Gasteiger charge is 2.48. The summed E-state index contributed by atoms with van der Waals surface area (Å²) in [7, 11) is 0. The van der Waals surface area contributed by atoms with Crippen molar-refractivity contribution in [1.29, 1.82) is 0 Å². The maximum atomic E-state index is 11.6. The molecule has 1 unspecified atom stereocenters. The Hall–Kier alpha value is -0.590. The SMILES string of the molecule is C=C1C(=O)CC(C)C12CCC(C)CC2. The van der Waals surface area contributed by atoms with Gasteiger partial charge in [-0.05, 0) is 43.1 Å². The fourth-order valence-corrected chi connectivity index (χ4v) is 3.24. The van der Waals surface area contributed by atoms with E-state index in [-0.39, 0.29) is 5.41 Å². The van der Waals surface area contributed by atoms with E-state index in [0.29, 0.717) is 11.7 Å². The standard InChI is InChI=1S/C13H20O/c1-9-4-6-13(7-5-9)10(2)8-12(14)11(13)3/h9-10H,3-8H2,1-2H3. The number of carbonyl (C=O) groups excluding carboxylic acids is 1. The zero-order valence-corrected chi connectivity index (χ0v) is 9.31. The number of allylic oxidation sites excluding steroid dienone is 1. The van der Waals surface area contributed by atoms with Crippen LogP contribution in [0.5, 0.6) is 0 Å². The molecule has 2 aliphatic rings. The molecule has 0 saturated heterocycles. The lowest BCUT2D eigenvalue weighted by atomic mass is 9.64. The van der Waals surface area contributed by atoms with Crippen molar-refractivity contribution in [2.45, 2.75) is 46.0 Å². The molecule has 2 aliphatic carbocycles. The van der Waals surface area contributed by atoms with E-state index < -0.39 is 0 Å². The molecule has 0 N–H and O–H groups in total. The normalized spacial score (nSPS) is 43.6. The summed E-state index contributed by atoms with van der Waals surface area (Å²) >= 11 is 0. The molecule has 1 atom stereocenters. The molecule has 0 radical (unpaired) electrons. The lowest BCUT2D eigenvalue weighted by molar-refractivity contribution is -0.114. The molecule has 0 aromatic heterocycles. The second-order valence-electron chi connectivity index (χ2n) is 5.35. The zero-order chi connectivity index (χ0) is 10.3. The number of ketones is 1. The highest BCUT2D eigenvalue weighted by atomic mass is 16.1. The van der Waals surface area contributed by atoms with E-state index in [9.17, 15) is 4.79 Å². The Kier molecular flexibility index (Phi) is 2.29. The Labute approximate surface area is 86.6 Å². The van der Waals surface area contributed by atoms with Crippen LogP contribution in [0.15, 0.2) is 12.2 Å².